The fourth-order valence-corrected chi connectivity index (χ4v) is 6.42. The average molecular weight is 368 g/mol. The minimum atomic E-state index is 0.0680. The van der Waals surface area contributed by atoms with Crippen molar-refractivity contribution in [3.63, 3.8) is 0 Å². The summed E-state index contributed by atoms with van der Waals surface area (Å²) in [5.41, 5.74) is 2.92. The molecule has 27 heavy (non-hydrogen) atoms. The molecule has 0 amide bonds. The van der Waals surface area contributed by atoms with E-state index in [1.807, 2.05) is 0 Å². The molecule has 3 aliphatic heterocycles. The molecular formula is C24H33NO2. The van der Waals surface area contributed by atoms with Gasteiger partial charge in [-0.15, -0.1) is 0 Å². The Bertz CT molecular complexity index is 673. The Morgan fingerprint density at radius 3 is 2.44 bits per heavy atom. The van der Waals surface area contributed by atoms with Crippen LogP contribution in [-0.2, 0) is 16.0 Å². The first-order valence-electron chi connectivity index (χ1n) is 11.3. The zero-order valence-corrected chi connectivity index (χ0v) is 16.4. The zero-order valence-electron chi connectivity index (χ0n) is 16.4. The van der Waals surface area contributed by atoms with Crippen LogP contribution < -0.4 is 0 Å². The molecule has 0 radical (unpaired) electrons. The van der Waals surface area contributed by atoms with Gasteiger partial charge >= 0.3 is 5.97 Å². The molecule has 2 bridgehead atoms. The number of rotatable bonds is 3. The second-order valence-corrected chi connectivity index (χ2v) is 9.38. The highest BCUT2D eigenvalue weighted by atomic mass is 16.5. The smallest absolute Gasteiger partial charge is 0.309 e. The van der Waals surface area contributed by atoms with Crippen LogP contribution in [0.2, 0.25) is 0 Å². The molecule has 1 saturated carbocycles. The van der Waals surface area contributed by atoms with E-state index in [-0.39, 0.29) is 18.0 Å². The number of fused-ring (bicyclic) bond motifs is 4. The van der Waals surface area contributed by atoms with Crippen LogP contribution in [0.15, 0.2) is 24.3 Å². The quantitative estimate of drug-likeness (QED) is 0.734. The van der Waals surface area contributed by atoms with Crippen molar-refractivity contribution in [2.24, 2.45) is 17.8 Å². The van der Waals surface area contributed by atoms with E-state index in [0.717, 1.165) is 19.4 Å². The van der Waals surface area contributed by atoms with Gasteiger partial charge in [0.25, 0.3) is 0 Å². The van der Waals surface area contributed by atoms with E-state index < -0.39 is 0 Å². The molecule has 2 aliphatic carbocycles. The molecule has 3 heterocycles. The van der Waals surface area contributed by atoms with Crippen LogP contribution in [0.4, 0.5) is 0 Å². The molecule has 3 unspecified atom stereocenters. The lowest BCUT2D eigenvalue weighted by Gasteiger charge is -2.45. The van der Waals surface area contributed by atoms with Crippen molar-refractivity contribution < 1.29 is 9.53 Å². The Balaban J connectivity index is 1.37. The SMILES string of the molecule is O=C(OC1CN2CCC1CC2)C1CCc2ccccc2C1C1CCCCC1. The standard InChI is InChI=1S/C24H33NO2/c26-24(27-22-16-25-14-12-18(22)13-15-25)21-11-10-17-6-4-5-9-20(17)23(21)19-7-2-1-3-8-19/h4-6,9,18-19,21-23H,1-3,7-8,10-16H2. The van der Waals surface area contributed by atoms with Crippen LogP contribution in [0.1, 0.15) is 68.4 Å². The number of hydrogen-bond acceptors (Lipinski definition) is 3. The first-order chi connectivity index (χ1) is 13.3. The summed E-state index contributed by atoms with van der Waals surface area (Å²) in [6.45, 7) is 3.36. The molecule has 0 N–H and O–H groups in total. The lowest BCUT2D eigenvalue weighted by atomic mass is 9.65. The minimum absolute atomic E-state index is 0.0680. The summed E-state index contributed by atoms with van der Waals surface area (Å²) < 4.78 is 6.22. The van der Waals surface area contributed by atoms with Gasteiger partial charge in [0.15, 0.2) is 0 Å². The molecular weight excluding hydrogens is 334 g/mol. The molecule has 3 heteroatoms. The first kappa shape index (κ1) is 17.7. The van der Waals surface area contributed by atoms with Gasteiger partial charge in [-0.3, -0.25) is 9.69 Å². The van der Waals surface area contributed by atoms with E-state index in [1.54, 1.807) is 0 Å². The average Bonchev–Trinajstić information content (AvgIpc) is 2.74. The molecule has 5 aliphatic rings. The van der Waals surface area contributed by atoms with Crippen LogP contribution in [0.25, 0.3) is 0 Å². The summed E-state index contributed by atoms with van der Waals surface area (Å²) in [5.74, 6) is 1.81. The van der Waals surface area contributed by atoms with Gasteiger partial charge in [-0.1, -0.05) is 43.5 Å². The van der Waals surface area contributed by atoms with Crippen LogP contribution >= 0.6 is 0 Å². The molecule has 0 spiro atoms. The van der Waals surface area contributed by atoms with Crippen LogP contribution in [0.5, 0.6) is 0 Å². The van der Waals surface area contributed by atoms with Crippen molar-refractivity contribution in [2.75, 3.05) is 19.6 Å². The van der Waals surface area contributed by atoms with Crippen LogP contribution in [0, 0.1) is 17.8 Å². The van der Waals surface area contributed by atoms with Crippen LogP contribution in [0.3, 0.4) is 0 Å². The predicted molar refractivity (Wildman–Crippen MR) is 107 cm³/mol. The third-order valence-corrected chi connectivity index (χ3v) is 7.90. The third kappa shape index (κ3) is 3.44. The number of carbonyl (C=O) groups is 1. The summed E-state index contributed by atoms with van der Waals surface area (Å²) in [6, 6.07) is 8.89. The Hall–Kier alpha value is -1.35. The van der Waals surface area contributed by atoms with Crippen molar-refractivity contribution in [3.05, 3.63) is 35.4 Å². The molecule has 3 atom stereocenters. The van der Waals surface area contributed by atoms with E-state index >= 15 is 0 Å². The van der Waals surface area contributed by atoms with E-state index in [9.17, 15) is 4.79 Å². The van der Waals surface area contributed by atoms with Gasteiger partial charge in [0.1, 0.15) is 6.10 Å². The Labute approximate surface area is 163 Å². The molecule has 146 valence electrons. The number of benzene rings is 1. The fraction of sp³-hybridized carbons (Fsp3) is 0.708. The molecule has 4 fully saturated rings. The maximum atomic E-state index is 13.4. The number of ether oxygens (including phenoxy) is 1. The number of carbonyl (C=O) groups excluding carboxylic acids is 1. The van der Waals surface area contributed by atoms with Gasteiger partial charge in [-0.2, -0.15) is 0 Å². The largest absolute Gasteiger partial charge is 0.460 e. The summed E-state index contributed by atoms with van der Waals surface area (Å²) in [5, 5.41) is 0. The number of aryl methyl sites for hydroxylation is 1. The Morgan fingerprint density at radius 1 is 0.926 bits per heavy atom. The normalized spacial score (nSPS) is 36.2. The van der Waals surface area contributed by atoms with Gasteiger partial charge in [-0.05, 0) is 74.6 Å². The minimum Gasteiger partial charge on any atom is -0.460 e. The van der Waals surface area contributed by atoms with E-state index in [0.29, 0.717) is 17.8 Å². The highest BCUT2D eigenvalue weighted by Crippen LogP contribution is 2.47. The highest BCUT2D eigenvalue weighted by molar-refractivity contribution is 5.75. The van der Waals surface area contributed by atoms with Crippen molar-refractivity contribution >= 4 is 5.97 Å². The Kier molecular flexibility index (Phi) is 4.98. The fourth-order valence-electron chi connectivity index (χ4n) is 6.42. The Morgan fingerprint density at radius 2 is 1.70 bits per heavy atom. The second-order valence-electron chi connectivity index (χ2n) is 9.38. The van der Waals surface area contributed by atoms with E-state index in [2.05, 4.69) is 29.2 Å². The van der Waals surface area contributed by atoms with E-state index in [1.165, 1.54) is 69.2 Å². The number of hydrogen-bond donors (Lipinski definition) is 0. The molecule has 6 rings (SSSR count). The monoisotopic (exact) mass is 367 g/mol. The van der Waals surface area contributed by atoms with Crippen molar-refractivity contribution in [1.29, 1.82) is 0 Å². The summed E-state index contributed by atoms with van der Waals surface area (Å²) in [7, 11) is 0. The summed E-state index contributed by atoms with van der Waals surface area (Å²) in [4.78, 5) is 15.8. The van der Waals surface area contributed by atoms with Gasteiger partial charge < -0.3 is 4.74 Å². The first-order valence-corrected chi connectivity index (χ1v) is 11.3. The molecule has 0 aromatic heterocycles. The van der Waals surface area contributed by atoms with Gasteiger partial charge in [0.2, 0.25) is 0 Å². The lowest BCUT2D eigenvalue weighted by molar-refractivity contribution is -0.165. The number of piperidine rings is 3. The molecule has 1 aromatic carbocycles. The molecule has 1 aromatic rings. The summed E-state index contributed by atoms with van der Waals surface area (Å²) >= 11 is 0. The van der Waals surface area contributed by atoms with Gasteiger partial charge in [-0.25, -0.2) is 0 Å². The van der Waals surface area contributed by atoms with Crippen molar-refractivity contribution in [3.8, 4) is 0 Å². The lowest BCUT2D eigenvalue weighted by Crippen LogP contribution is -2.52. The number of esters is 1. The highest BCUT2D eigenvalue weighted by Gasteiger charge is 2.43. The molecule has 3 nitrogen and oxygen atoms in total. The topological polar surface area (TPSA) is 29.5 Å². The second kappa shape index (κ2) is 7.58. The van der Waals surface area contributed by atoms with E-state index in [4.69, 9.17) is 4.74 Å². The van der Waals surface area contributed by atoms with Crippen LogP contribution in [-0.4, -0.2) is 36.6 Å². The van der Waals surface area contributed by atoms with Crippen molar-refractivity contribution in [1.82, 2.24) is 4.90 Å². The predicted octanol–water partition coefficient (Wildman–Crippen LogP) is 4.55. The van der Waals surface area contributed by atoms with Gasteiger partial charge in [0, 0.05) is 12.5 Å². The van der Waals surface area contributed by atoms with Crippen molar-refractivity contribution in [2.45, 2.75) is 69.8 Å². The third-order valence-electron chi connectivity index (χ3n) is 7.90. The maximum absolute atomic E-state index is 13.4. The number of nitrogens with zero attached hydrogens (tertiary/aromatic N) is 1. The summed E-state index contributed by atoms with van der Waals surface area (Å²) in [6.07, 6.45) is 11.1. The zero-order chi connectivity index (χ0) is 18.2. The molecule has 3 saturated heterocycles. The van der Waals surface area contributed by atoms with Gasteiger partial charge in [0.05, 0.1) is 5.92 Å². The maximum Gasteiger partial charge on any atom is 0.309 e.